The van der Waals surface area contributed by atoms with Crippen molar-refractivity contribution in [3.63, 3.8) is 0 Å². The number of carbonyl (C=O) groups is 5. The largest absolute Gasteiger partial charge is 0.480 e. The van der Waals surface area contributed by atoms with Crippen molar-refractivity contribution >= 4 is 29.6 Å². The molecule has 0 saturated carbocycles. The summed E-state index contributed by atoms with van der Waals surface area (Å²) in [5, 5.41) is 16.1. The minimum Gasteiger partial charge on any atom is -0.480 e. The second-order valence-corrected chi connectivity index (χ2v) is 7.41. The number of carboxylic acid groups (broad SMARTS) is 1. The van der Waals surface area contributed by atoms with E-state index in [9.17, 15) is 24.0 Å². The number of aromatic amines is 1. The van der Waals surface area contributed by atoms with Gasteiger partial charge in [0.15, 0.2) is 0 Å². The van der Waals surface area contributed by atoms with Crippen LogP contribution in [0, 0.1) is 0 Å². The molecule has 0 aromatic carbocycles. The Morgan fingerprint density at radius 3 is 2.30 bits per heavy atom. The van der Waals surface area contributed by atoms with Crippen LogP contribution in [-0.4, -0.2) is 75.9 Å². The summed E-state index contributed by atoms with van der Waals surface area (Å²) < 4.78 is 0. The van der Waals surface area contributed by atoms with E-state index in [0.29, 0.717) is 25.1 Å². The van der Waals surface area contributed by atoms with Gasteiger partial charge < -0.3 is 43.2 Å². The van der Waals surface area contributed by atoms with Crippen LogP contribution < -0.4 is 33.2 Å². The molecular formula is C19H32N8O6. The maximum absolute atomic E-state index is 12.9. The fraction of sp³-hybridized carbons (Fsp3) is 0.579. The number of carboxylic acids is 1. The number of unbranched alkanes of at least 4 members (excludes halogenated alkanes) is 1. The fourth-order valence-electron chi connectivity index (χ4n) is 2.85. The van der Waals surface area contributed by atoms with Crippen molar-refractivity contribution in [2.45, 2.75) is 56.7 Å². The maximum Gasteiger partial charge on any atom is 0.322 e. The summed E-state index contributed by atoms with van der Waals surface area (Å²) in [6.45, 7) is -0.236. The van der Waals surface area contributed by atoms with Crippen LogP contribution >= 0.6 is 0 Å². The predicted octanol–water partition coefficient (Wildman–Crippen LogP) is -3.16. The van der Waals surface area contributed by atoms with Crippen molar-refractivity contribution in [3.8, 4) is 0 Å². The van der Waals surface area contributed by atoms with E-state index in [0.717, 1.165) is 0 Å². The van der Waals surface area contributed by atoms with Gasteiger partial charge in [0, 0.05) is 24.7 Å². The van der Waals surface area contributed by atoms with Gasteiger partial charge in [-0.2, -0.15) is 0 Å². The molecule has 11 N–H and O–H groups in total. The number of rotatable bonds is 16. The third-order valence-corrected chi connectivity index (χ3v) is 4.64. The molecule has 1 rings (SSSR count). The van der Waals surface area contributed by atoms with Gasteiger partial charge >= 0.3 is 5.97 Å². The summed E-state index contributed by atoms with van der Waals surface area (Å²) in [6, 6.07) is -3.21. The highest BCUT2D eigenvalue weighted by Gasteiger charge is 2.28. The van der Waals surface area contributed by atoms with Crippen LogP contribution in [0.4, 0.5) is 0 Å². The van der Waals surface area contributed by atoms with Gasteiger partial charge in [-0.1, -0.05) is 0 Å². The van der Waals surface area contributed by atoms with Gasteiger partial charge in [-0.25, -0.2) is 4.98 Å². The van der Waals surface area contributed by atoms with Crippen molar-refractivity contribution in [3.05, 3.63) is 18.2 Å². The van der Waals surface area contributed by atoms with Gasteiger partial charge in [-0.15, -0.1) is 0 Å². The van der Waals surface area contributed by atoms with Crippen molar-refractivity contribution in [2.75, 3.05) is 13.1 Å². The number of nitrogens with zero attached hydrogens (tertiary/aromatic N) is 1. The number of imidazole rings is 1. The van der Waals surface area contributed by atoms with Gasteiger partial charge in [0.05, 0.1) is 12.4 Å². The zero-order valence-corrected chi connectivity index (χ0v) is 18.2. The molecule has 0 saturated heterocycles. The monoisotopic (exact) mass is 468 g/mol. The average molecular weight is 469 g/mol. The van der Waals surface area contributed by atoms with Crippen LogP contribution in [0.25, 0.3) is 0 Å². The summed E-state index contributed by atoms with van der Waals surface area (Å²) in [5.74, 6) is -3.87. The van der Waals surface area contributed by atoms with Crippen molar-refractivity contribution in [1.82, 2.24) is 25.9 Å². The van der Waals surface area contributed by atoms with Crippen molar-refractivity contribution in [2.24, 2.45) is 17.2 Å². The van der Waals surface area contributed by atoms with E-state index in [1.54, 1.807) is 0 Å². The number of hydrogen-bond donors (Lipinski definition) is 8. The first-order valence-electron chi connectivity index (χ1n) is 10.5. The lowest BCUT2D eigenvalue weighted by molar-refractivity contribution is -0.138. The Balaban J connectivity index is 2.90. The summed E-state index contributed by atoms with van der Waals surface area (Å²) in [5.41, 5.74) is 16.9. The molecule has 184 valence electrons. The molecule has 0 radical (unpaired) electrons. The van der Waals surface area contributed by atoms with Gasteiger partial charge in [0.1, 0.15) is 18.6 Å². The molecule has 0 aliphatic heterocycles. The van der Waals surface area contributed by atoms with Crippen molar-refractivity contribution in [1.29, 1.82) is 0 Å². The zero-order valence-electron chi connectivity index (χ0n) is 18.2. The van der Waals surface area contributed by atoms with Gasteiger partial charge in [-0.05, 0) is 32.2 Å². The van der Waals surface area contributed by atoms with E-state index in [4.69, 9.17) is 22.3 Å². The fourth-order valence-corrected chi connectivity index (χ4v) is 2.85. The van der Waals surface area contributed by atoms with E-state index in [1.807, 2.05) is 0 Å². The highest BCUT2D eigenvalue weighted by molar-refractivity contribution is 5.93. The normalized spacial score (nSPS) is 13.4. The minimum absolute atomic E-state index is 0.0123. The lowest BCUT2D eigenvalue weighted by atomic mass is 10.0. The number of hydrogen-bond acceptors (Lipinski definition) is 8. The molecule has 0 bridgehead atoms. The number of primary amides is 1. The summed E-state index contributed by atoms with van der Waals surface area (Å²) in [7, 11) is 0. The number of H-pyrrole nitrogens is 1. The SMILES string of the molecule is NCCCCC(NC(=O)C(N)CCC(N)=O)C(=O)NC(Cc1cnc[nH]1)C(=O)NCC(=O)O. The molecule has 3 atom stereocenters. The van der Waals surface area contributed by atoms with E-state index < -0.39 is 54.3 Å². The Labute approximate surface area is 190 Å². The van der Waals surface area contributed by atoms with Crippen molar-refractivity contribution < 1.29 is 29.1 Å². The van der Waals surface area contributed by atoms with Gasteiger partial charge in [0.25, 0.3) is 0 Å². The van der Waals surface area contributed by atoms with Crippen LogP contribution in [0.3, 0.4) is 0 Å². The second kappa shape index (κ2) is 14.5. The lowest BCUT2D eigenvalue weighted by Crippen LogP contribution is -2.56. The lowest BCUT2D eigenvalue weighted by Gasteiger charge is -2.24. The highest BCUT2D eigenvalue weighted by atomic mass is 16.4. The van der Waals surface area contributed by atoms with Crippen LogP contribution in [0.2, 0.25) is 0 Å². The number of carbonyl (C=O) groups excluding carboxylic acids is 4. The van der Waals surface area contributed by atoms with Gasteiger partial charge in [0.2, 0.25) is 23.6 Å². The Kier molecular flexibility index (Phi) is 12.1. The van der Waals surface area contributed by atoms with Crippen LogP contribution in [-0.2, 0) is 30.4 Å². The molecule has 0 spiro atoms. The number of nitrogens with one attached hydrogen (secondary N) is 4. The third-order valence-electron chi connectivity index (χ3n) is 4.64. The van der Waals surface area contributed by atoms with E-state index in [2.05, 4.69) is 25.9 Å². The Morgan fingerprint density at radius 1 is 1.03 bits per heavy atom. The summed E-state index contributed by atoms with van der Waals surface area (Å²) in [4.78, 5) is 66.2. The molecule has 0 aliphatic rings. The summed E-state index contributed by atoms with van der Waals surface area (Å²) in [6.07, 6.45) is 4.14. The molecule has 3 unspecified atom stereocenters. The smallest absolute Gasteiger partial charge is 0.322 e. The van der Waals surface area contributed by atoms with Crippen LogP contribution in [0.1, 0.15) is 37.8 Å². The van der Waals surface area contributed by atoms with E-state index >= 15 is 0 Å². The molecule has 4 amide bonds. The van der Waals surface area contributed by atoms with Crippen LogP contribution in [0.5, 0.6) is 0 Å². The first-order valence-corrected chi connectivity index (χ1v) is 10.5. The Morgan fingerprint density at radius 2 is 1.73 bits per heavy atom. The first kappa shape index (κ1) is 27.5. The zero-order chi connectivity index (χ0) is 24.8. The molecule has 1 aromatic heterocycles. The standard InChI is InChI=1S/C19H32N8O6/c20-6-2-1-3-13(26-17(31)12(21)4-5-15(22)28)19(33)27-14(7-11-8-23-10-25-11)18(32)24-9-16(29)30/h8,10,12-14H,1-7,9,20-21H2,(H2,22,28)(H,23,25)(H,24,32)(H,26,31)(H,27,33)(H,29,30). The number of aromatic nitrogens is 2. The molecule has 0 aliphatic carbocycles. The molecule has 1 heterocycles. The third kappa shape index (κ3) is 11.1. The quantitative estimate of drug-likeness (QED) is 0.114. The average Bonchev–Trinajstić information content (AvgIpc) is 3.27. The minimum atomic E-state index is -1.24. The van der Waals surface area contributed by atoms with E-state index in [-0.39, 0.29) is 25.7 Å². The Bertz CT molecular complexity index is 800. The number of amides is 4. The molecule has 14 nitrogen and oxygen atoms in total. The maximum atomic E-state index is 12.9. The predicted molar refractivity (Wildman–Crippen MR) is 116 cm³/mol. The second-order valence-electron chi connectivity index (χ2n) is 7.41. The molecule has 14 heteroatoms. The molecule has 1 aromatic rings. The van der Waals surface area contributed by atoms with Crippen LogP contribution in [0.15, 0.2) is 12.5 Å². The summed E-state index contributed by atoms with van der Waals surface area (Å²) >= 11 is 0. The van der Waals surface area contributed by atoms with Gasteiger partial charge in [-0.3, -0.25) is 24.0 Å². The Hall–Kier alpha value is -3.52. The first-order chi connectivity index (χ1) is 15.6. The number of aliphatic carboxylic acids is 1. The topological polar surface area (TPSA) is 248 Å². The molecule has 33 heavy (non-hydrogen) atoms. The molecule has 0 fully saturated rings. The number of nitrogens with two attached hydrogens (primary N) is 3. The van der Waals surface area contributed by atoms with E-state index in [1.165, 1.54) is 12.5 Å². The highest BCUT2D eigenvalue weighted by Crippen LogP contribution is 2.05. The molecular weight excluding hydrogens is 436 g/mol.